The molecule has 0 bridgehead atoms. The Labute approximate surface area is 92.2 Å². The van der Waals surface area contributed by atoms with E-state index in [4.69, 9.17) is 0 Å². The fourth-order valence-corrected chi connectivity index (χ4v) is 2.69. The molecular formula is C12H22N2O. The van der Waals surface area contributed by atoms with Crippen molar-refractivity contribution in [3.63, 3.8) is 0 Å². The molecule has 0 saturated carbocycles. The summed E-state index contributed by atoms with van der Waals surface area (Å²) in [4.78, 5) is 14.1. The first-order chi connectivity index (χ1) is 6.98. The van der Waals surface area contributed by atoms with Crippen LogP contribution >= 0.6 is 0 Å². The second-order valence-electron chi connectivity index (χ2n) is 5.90. The first kappa shape index (κ1) is 10.9. The molecule has 2 atom stereocenters. The number of fused-ring (bicyclic) bond motifs is 1. The van der Waals surface area contributed by atoms with Crippen LogP contribution in [0.25, 0.3) is 0 Å². The summed E-state index contributed by atoms with van der Waals surface area (Å²) >= 11 is 0. The molecule has 0 aromatic heterocycles. The number of carbonyl (C=O) groups excluding carboxylic acids is 1. The van der Waals surface area contributed by atoms with E-state index < -0.39 is 0 Å². The summed E-state index contributed by atoms with van der Waals surface area (Å²) in [5, 5.41) is 3.50. The molecule has 0 aliphatic carbocycles. The molecule has 86 valence electrons. The lowest BCUT2D eigenvalue weighted by Crippen LogP contribution is -2.51. The quantitative estimate of drug-likeness (QED) is 0.652. The fraction of sp³-hybridized carbons (Fsp3) is 0.917. The Hall–Kier alpha value is -0.570. The minimum Gasteiger partial charge on any atom is -0.341 e. The van der Waals surface area contributed by atoms with Crippen molar-refractivity contribution in [3.8, 4) is 0 Å². The number of hydrogen-bond donors (Lipinski definition) is 1. The smallest absolute Gasteiger partial charge is 0.227 e. The Morgan fingerprint density at radius 1 is 1.33 bits per heavy atom. The number of amides is 1. The molecule has 0 unspecified atom stereocenters. The first-order valence-electron chi connectivity index (χ1n) is 6.01. The molecule has 0 spiro atoms. The first-order valence-corrected chi connectivity index (χ1v) is 6.01. The van der Waals surface area contributed by atoms with Gasteiger partial charge in [0, 0.05) is 24.5 Å². The number of piperidine rings is 1. The van der Waals surface area contributed by atoms with Gasteiger partial charge in [-0.05, 0) is 25.3 Å². The number of carbonyl (C=O) groups is 1. The highest BCUT2D eigenvalue weighted by Crippen LogP contribution is 2.27. The predicted molar refractivity (Wildman–Crippen MR) is 60.5 cm³/mol. The SMILES string of the molecule is CC(C)(C)C(=O)N1CC[C@H]2CCN[C@H]2C1. The van der Waals surface area contributed by atoms with E-state index in [9.17, 15) is 4.79 Å². The molecule has 2 heterocycles. The van der Waals surface area contributed by atoms with Gasteiger partial charge in [0.25, 0.3) is 0 Å². The number of nitrogens with one attached hydrogen (secondary N) is 1. The minimum absolute atomic E-state index is 0.231. The van der Waals surface area contributed by atoms with Gasteiger partial charge in [0.05, 0.1) is 0 Å². The maximum atomic E-state index is 12.1. The van der Waals surface area contributed by atoms with Crippen LogP contribution in [-0.4, -0.2) is 36.5 Å². The van der Waals surface area contributed by atoms with Gasteiger partial charge < -0.3 is 10.2 Å². The van der Waals surface area contributed by atoms with E-state index in [1.165, 1.54) is 12.8 Å². The van der Waals surface area contributed by atoms with Crippen LogP contribution < -0.4 is 5.32 Å². The van der Waals surface area contributed by atoms with E-state index >= 15 is 0 Å². The summed E-state index contributed by atoms with van der Waals surface area (Å²) in [5.41, 5.74) is -0.231. The molecule has 3 nitrogen and oxygen atoms in total. The Balaban J connectivity index is 1.98. The van der Waals surface area contributed by atoms with Gasteiger partial charge in [-0.25, -0.2) is 0 Å². The summed E-state index contributed by atoms with van der Waals surface area (Å²) in [5.74, 6) is 1.11. The van der Waals surface area contributed by atoms with Crippen LogP contribution in [-0.2, 0) is 4.79 Å². The monoisotopic (exact) mass is 210 g/mol. The summed E-state index contributed by atoms with van der Waals surface area (Å²) in [6.45, 7) is 9.02. The molecule has 2 saturated heterocycles. The lowest BCUT2D eigenvalue weighted by atomic mass is 9.89. The second kappa shape index (κ2) is 3.78. The van der Waals surface area contributed by atoms with Crippen molar-refractivity contribution in [2.45, 2.75) is 39.7 Å². The van der Waals surface area contributed by atoms with Crippen LogP contribution in [0.4, 0.5) is 0 Å². The van der Waals surface area contributed by atoms with Crippen LogP contribution in [0, 0.1) is 11.3 Å². The highest BCUT2D eigenvalue weighted by atomic mass is 16.2. The van der Waals surface area contributed by atoms with E-state index in [1.54, 1.807) is 0 Å². The third-order valence-electron chi connectivity index (χ3n) is 3.61. The molecule has 0 aromatic carbocycles. The van der Waals surface area contributed by atoms with Crippen LogP contribution in [0.1, 0.15) is 33.6 Å². The van der Waals surface area contributed by atoms with Gasteiger partial charge in [0.2, 0.25) is 5.91 Å². The molecule has 0 aromatic rings. The summed E-state index contributed by atoms with van der Waals surface area (Å²) in [6.07, 6.45) is 2.47. The molecule has 1 amide bonds. The Morgan fingerprint density at radius 3 is 2.73 bits per heavy atom. The Kier molecular flexibility index (Phi) is 2.75. The van der Waals surface area contributed by atoms with Crippen molar-refractivity contribution in [3.05, 3.63) is 0 Å². The van der Waals surface area contributed by atoms with Gasteiger partial charge in [0.15, 0.2) is 0 Å². The summed E-state index contributed by atoms with van der Waals surface area (Å²) in [6, 6.07) is 0.560. The molecule has 2 rings (SSSR count). The van der Waals surface area contributed by atoms with E-state index in [0.29, 0.717) is 11.9 Å². The number of nitrogens with zero attached hydrogens (tertiary/aromatic N) is 1. The van der Waals surface area contributed by atoms with Crippen molar-refractivity contribution in [2.24, 2.45) is 11.3 Å². The second-order valence-corrected chi connectivity index (χ2v) is 5.90. The zero-order valence-corrected chi connectivity index (χ0v) is 10.0. The van der Waals surface area contributed by atoms with Gasteiger partial charge in [-0.3, -0.25) is 4.79 Å². The van der Waals surface area contributed by atoms with Crippen molar-refractivity contribution in [1.82, 2.24) is 10.2 Å². The zero-order valence-electron chi connectivity index (χ0n) is 10.0. The number of hydrogen-bond acceptors (Lipinski definition) is 2. The van der Waals surface area contributed by atoms with Gasteiger partial charge in [-0.2, -0.15) is 0 Å². The number of likely N-dealkylation sites (tertiary alicyclic amines) is 1. The predicted octanol–water partition coefficient (Wildman–Crippen LogP) is 1.24. The molecule has 2 aliphatic heterocycles. The topological polar surface area (TPSA) is 32.3 Å². The molecule has 0 radical (unpaired) electrons. The van der Waals surface area contributed by atoms with Crippen molar-refractivity contribution in [2.75, 3.05) is 19.6 Å². The van der Waals surface area contributed by atoms with E-state index in [0.717, 1.165) is 25.6 Å². The highest BCUT2D eigenvalue weighted by Gasteiger charge is 2.37. The van der Waals surface area contributed by atoms with Gasteiger partial charge in [0.1, 0.15) is 0 Å². The lowest BCUT2D eigenvalue weighted by molar-refractivity contribution is -0.141. The average molecular weight is 210 g/mol. The normalized spacial score (nSPS) is 31.5. The van der Waals surface area contributed by atoms with Crippen LogP contribution in [0.5, 0.6) is 0 Å². The van der Waals surface area contributed by atoms with Crippen molar-refractivity contribution >= 4 is 5.91 Å². The van der Waals surface area contributed by atoms with Gasteiger partial charge in [-0.1, -0.05) is 20.8 Å². The lowest BCUT2D eigenvalue weighted by Gasteiger charge is -2.38. The Bertz CT molecular complexity index is 257. The minimum atomic E-state index is -0.231. The molecule has 2 aliphatic rings. The van der Waals surface area contributed by atoms with E-state index in [2.05, 4.69) is 5.32 Å². The van der Waals surface area contributed by atoms with Crippen molar-refractivity contribution in [1.29, 1.82) is 0 Å². The van der Waals surface area contributed by atoms with Gasteiger partial charge in [-0.15, -0.1) is 0 Å². The maximum Gasteiger partial charge on any atom is 0.227 e. The standard InChI is InChI=1S/C12H22N2O/c1-12(2,3)11(15)14-7-5-9-4-6-13-10(9)8-14/h9-10,13H,4-8H2,1-3H3/t9-,10+/m1/s1. The fourth-order valence-electron chi connectivity index (χ4n) is 2.69. The van der Waals surface area contributed by atoms with E-state index in [1.807, 2.05) is 25.7 Å². The molecule has 15 heavy (non-hydrogen) atoms. The third kappa shape index (κ3) is 2.17. The van der Waals surface area contributed by atoms with Gasteiger partial charge >= 0.3 is 0 Å². The maximum absolute atomic E-state index is 12.1. The Morgan fingerprint density at radius 2 is 2.07 bits per heavy atom. The zero-order chi connectivity index (χ0) is 11.1. The summed E-state index contributed by atoms with van der Waals surface area (Å²) in [7, 11) is 0. The number of rotatable bonds is 0. The largest absolute Gasteiger partial charge is 0.341 e. The summed E-state index contributed by atoms with van der Waals surface area (Å²) < 4.78 is 0. The third-order valence-corrected chi connectivity index (χ3v) is 3.61. The van der Waals surface area contributed by atoms with Crippen LogP contribution in [0.2, 0.25) is 0 Å². The molecular weight excluding hydrogens is 188 g/mol. The molecule has 3 heteroatoms. The van der Waals surface area contributed by atoms with Crippen LogP contribution in [0.15, 0.2) is 0 Å². The van der Waals surface area contributed by atoms with E-state index in [-0.39, 0.29) is 5.41 Å². The molecule has 2 fully saturated rings. The average Bonchev–Trinajstić information content (AvgIpc) is 2.61. The van der Waals surface area contributed by atoms with Crippen molar-refractivity contribution < 1.29 is 4.79 Å². The molecule has 1 N–H and O–H groups in total. The highest BCUT2D eigenvalue weighted by molar-refractivity contribution is 5.81. The van der Waals surface area contributed by atoms with Crippen LogP contribution in [0.3, 0.4) is 0 Å².